The van der Waals surface area contributed by atoms with Crippen LogP contribution in [0.15, 0.2) is 18.2 Å². The summed E-state index contributed by atoms with van der Waals surface area (Å²) in [4.78, 5) is 10.9. The molecule has 0 bridgehead atoms. The molecule has 0 unspecified atom stereocenters. The summed E-state index contributed by atoms with van der Waals surface area (Å²) >= 11 is 5.73. The van der Waals surface area contributed by atoms with Crippen molar-refractivity contribution in [3.05, 3.63) is 28.8 Å². The van der Waals surface area contributed by atoms with Crippen LogP contribution in [0, 0.1) is 0 Å². The fourth-order valence-electron chi connectivity index (χ4n) is 1.33. The van der Waals surface area contributed by atoms with Crippen molar-refractivity contribution in [1.82, 2.24) is 0 Å². The molecule has 1 aromatic rings. The van der Waals surface area contributed by atoms with E-state index in [1.165, 1.54) is 18.2 Å². The maximum Gasteiger partial charge on any atom is 0.337 e. The van der Waals surface area contributed by atoms with Crippen LogP contribution in [-0.4, -0.2) is 36.6 Å². The minimum absolute atomic E-state index is 0.0414. The van der Waals surface area contributed by atoms with E-state index >= 15 is 0 Å². The van der Waals surface area contributed by atoms with E-state index in [9.17, 15) is 13.2 Å². The number of sulfone groups is 1. The number of hydrogen-bond donors (Lipinski definition) is 1. The molecule has 0 aliphatic carbocycles. The van der Waals surface area contributed by atoms with Crippen molar-refractivity contribution in [2.45, 2.75) is 25.5 Å². The van der Waals surface area contributed by atoms with Crippen molar-refractivity contribution in [1.29, 1.82) is 0 Å². The molecular formula is C13H17ClO5S. The Morgan fingerprint density at radius 2 is 1.95 bits per heavy atom. The van der Waals surface area contributed by atoms with E-state index in [2.05, 4.69) is 0 Å². The highest BCUT2D eigenvalue weighted by Crippen LogP contribution is 2.22. The lowest BCUT2D eigenvalue weighted by molar-refractivity contribution is 0.0696. The fraction of sp³-hybridized carbons (Fsp3) is 0.462. The molecule has 0 saturated heterocycles. The molecule has 1 N–H and O–H groups in total. The predicted molar refractivity (Wildman–Crippen MR) is 77.4 cm³/mol. The fourth-order valence-corrected chi connectivity index (χ4v) is 2.45. The van der Waals surface area contributed by atoms with E-state index in [-0.39, 0.29) is 28.7 Å². The van der Waals surface area contributed by atoms with Gasteiger partial charge < -0.3 is 9.84 Å². The van der Waals surface area contributed by atoms with Crippen molar-refractivity contribution >= 4 is 27.4 Å². The lowest BCUT2D eigenvalue weighted by atomic mass is 10.2. The van der Waals surface area contributed by atoms with Gasteiger partial charge in [0, 0.05) is 0 Å². The normalized spacial score (nSPS) is 12.2. The maximum atomic E-state index is 11.9. The highest BCUT2D eigenvalue weighted by molar-refractivity contribution is 7.92. The van der Waals surface area contributed by atoms with E-state index in [0.29, 0.717) is 0 Å². The van der Waals surface area contributed by atoms with Crippen LogP contribution in [0.25, 0.3) is 0 Å². The minimum Gasteiger partial charge on any atom is -0.493 e. The van der Waals surface area contributed by atoms with Crippen molar-refractivity contribution in [2.24, 2.45) is 0 Å². The lowest BCUT2D eigenvalue weighted by Crippen LogP contribution is -2.32. The SMILES string of the molecule is CC(C)(C)S(=O)(=O)CCOc1ccc(Cl)c(C(=O)O)c1. The second-order valence-corrected chi connectivity index (χ2v) is 8.50. The molecule has 112 valence electrons. The number of carbonyl (C=O) groups is 1. The zero-order valence-electron chi connectivity index (χ0n) is 11.5. The first kappa shape index (κ1) is 16.8. The van der Waals surface area contributed by atoms with E-state index in [4.69, 9.17) is 21.4 Å². The van der Waals surface area contributed by atoms with Crippen LogP contribution in [0.4, 0.5) is 0 Å². The molecule has 0 aliphatic rings. The number of carboxylic acid groups (broad SMARTS) is 1. The Balaban J connectivity index is 2.73. The van der Waals surface area contributed by atoms with Gasteiger partial charge in [0.2, 0.25) is 0 Å². The smallest absolute Gasteiger partial charge is 0.337 e. The first-order chi connectivity index (χ1) is 9.04. The predicted octanol–water partition coefficient (Wildman–Crippen LogP) is 2.63. The van der Waals surface area contributed by atoms with Crippen LogP contribution < -0.4 is 4.74 Å². The summed E-state index contributed by atoms with van der Waals surface area (Å²) < 4.78 is 28.2. The van der Waals surface area contributed by atoms with Crippen LogP contribution in [0.3, 0.4) is 0 Å². The quantitative estimate of drug-likeness (QED) is 0.902. The summed E-state index contributed by atoms with van der Waals surface area (Å²) in [6.45, 7) is 4.81. The van der Waals surface area contributed by atoms with Gasteiger partial charge in [0.05, 0.1) is 21.1 Å². The molecular weight excluding hydrogens is 304 g/mol. The third-order valence-corrected chi connectivity index (χ3v) is 5.62. The van der Waals surface area contributed by atoms with Gasteiger partial charge in [-0.3, -0.25) is 0 Å². The molecule has 0 radical (unpaired) electrons. The van der Waals surface area contributed by atoms with E-state index in [0.717, 1.165) is 0 Å². The van der Waals surface area contributed by atoms with E-state index < -0.39 is 20.6 Å². The van der Waals surface area contributed by atoms with E-state index in [1.54, 1.807) is 20.8 Å². The van der Waals surface area contributed by atoms with Gasteiger partial charge >= 0.3 is 5.97 Å². The highest BCUT2D eigenvalue weighted by atomic mass is 35.5. The molecule has 1 aromatic carbocycles. The first-order valence-corrected chi connectivity index (χ1v) is 7.95. The molecule has 0 atom stereocenters. The number of ether oxygens (including phenoxy) is 1. The summed E-state index contributed by atoms with van der Waals surface area (Å²) in [6.07, 6.45) is 0. The largest absolute Gasteiger partial charge is 0.493 e. The third-order valence-electron chi connectivity index (χ3n) is 2.72. The summed E-state index contributed by atoms with van der Waals surface area (Å²) in [7, 11) is -3.27. The molecule has 0 saturated carbocycles. The Kier molecular flexibility index (Phi) is 5.05. The summed E-state index contributed by atoms with van der Waals surface area (Å²) in [5, 5.41) is 9.02. The average molecular weight is 321 g/mol. The van der Waals surface area contributed by atoms with Crippen LogP contribution >= 0.6 is 11.6 Å². The summed E-state index contributed by atoms with van der Waals surface area (Å²) in [6, 6.07) is 4.17. The molecule has 20 heavy (non-hydrogen) atoms. The number of rotatable bonds is 5. The lowest BCUT2D eigenvalue weighted by Gasteiger charge is -2.19. The molecule has 0 fully saturated rings. The second kappa shape index (κ2) is 6.01. The van der Waals surface area contributed by atoms with Gasteiger partial charge in [0.1, 0.15) is 12.4 Å². The third kappa shape index (κ3) is 4.11. The van der Waals surface area contributed by atoms with Gasteiger partial charge in [-0.2, -0.15) is 0 Å². The number of benzene rings is 1. The molecule has 0 spiro atoms. The monoisotopic (exact) mass is 320 g/mol. The highest BCUT2D eigenvalue weighted by Gasteiger charge is 2.28. The van der Waals surface area contributed by atoms with Crippen molar-refractivity contribution in [3.63, 3.8) is 0 Å². The molecule has 5 nitrogen and oxygen atoms in total. The Labute approximate surface area is 123 Å². The number of hydrogen-bond acceptors (Lipinski definition) is 4. The van der Waals surface area contributed by atoms with Crippen LogP contribution in [-0.2, 0) is 9.84 Å². The standard InChI is InChI=1S/C13H17ClO5S/c1-13(2,3)20(17,18)7-6-19-9-4-5-11(14)10(8-9)12(15)16/h4-5,8H,6-7H2,1-3H3,(H,15,16). The van der Waals surface area contributed by atoms with Gasteiger partial charge in [-0.25, -0.2) is 13.2 Å². The molecule has 0 amide bonds. The zero-order chi connectivity index (χ0) is 15.6. The van der Waals surface area contributed by atoms with Gasteiger partial charge in [-0.1, -0.05) is 11.6 Å². The number of aromatic carboxylic acids is 1. The average Bonchev–Trinajstić information content (AvgIpc) is 2.29. The summed E-state index contributed by atoms with van der Waals surface area (Å²) in [5.74, 6) is -1.03. The Morgan fingerprint density at radius 1 is 1.35 bits per heavy atom. The second-order valence-electron chi connectivity index (χ2n) is 5.23. The number of halogens is 1. The maximum absolute atomic E-state index is 11.9. The van der Waals surface area contributed by atoms with Gasteiger partial charge in [-0.05, 0) is 39.0 Å². The first-order valence-electron chi connectivity index (χ1n) is 5.92. The van der Waals surface area contributed by atoms with Crippen LogP contribution in [0.1, 0.15) is 31.1 Å². The van der Waals surface area contributed by atoms with Gasteiger partial charge in [0.15, 0.2) is 9.84 Å². The van der Waals surface area contributed by atoms with Gasteiger partial charge in [-0.15, -0.1) is 0 Å². The summed E-state index contributed by atoms with van der Waals surface area (Å²) in [5.41, 5.74) is -0.0807. The minimum atomic E-state index is -3.27. The molecule has 1 rings (SSSR count). The molecule has 7 heteroatoms. The van der Waals surface area contributed by atoms with Crippen LogP contribution in [0.2, 0.25) is 5.02 Å². The molecule has 0 aliphatic heterocycles. The Morgan fingerprint density at radius 3 is 2.45 bits per heavy atom. The Hall–Kier alpha value is -1.27. The van der Waals surface area contributed by atoms with Crippen molar-refractivity contribution in [2.75, 3.05) is 12.4 Å². The molecule has 0 aromatic heterocycles. The zero-order valence-corrected chi connectivity index (χ0v) is 13.1. The number of carboxylic acids is 1. The van der Waals surface area contributed by atoms with Gasteiger partial charge in [0.25, 0.3) is 0 Å². The Bertz CT molecular complexity index is 602. The van der Waals surface area contributed by atoms with Crippen LogP contribution in [0.5, 0.6) is 5.75 Å². The molecule has 0 heterocycles. The topological polar surface area (TPSA) is 80.7 Å². The van der Waals surface area contributed by atoms with Crippen molar-refractivity contribution in [3.8, 4) is 5.75 Å². The van der Waals surface area contributed by atoms with E-state index in [1.807, 2.05) is 0 Å². The van der Waals surface area contributed by atoms with Crippen molar-refractivity contribution < 1.29 is 23.1 Å².